The summed E-state index contributed by atoms with van der Waals surface area (Å²) in [5, 5.41) is 7.22. The summed E-state index contributed by atoms with van der Waals surface area (Å²) >= 11 is 0. The van der Waals surface area contributed by atoms with Gasteiger partial charge in [-0.3, -0.25) is 0 Å². The summed E-state index contributed by atoms with van der Waals surface area (Å²) in [7, 11) is 0. The Morgan fingerprint density at radius 2 is 2.10 bits per heavy atom. The average molecular weight is 270 g/mol. The molecule has 1 aromatic carbocycles. The summed E-state index contributed by atoms with van der Waals surface area (Å²) in [6.45, 7) is 6.34. The van der Waals surface area contributed by atoms with E-state index in [9.17, 15) is 0 Å². The van der Waals surface area contributed by atoms with Crippen LogP contribution in [-0.4, -0.2) is 14.7 Å². The number of benzene rings is 1. The number of imidazole rings is 1. The predicted octanol–water partition coefficient (Wildman–Crippen LogP) is 2.64. The molecule has 5 nitrogen and oxygen atoms in total. The van der Waals surface area contributed by atoms with Gasteiger partial charge in [-0.25, -0.2) is 4.98 Å². The molecule has 0 aliphatic carbocycles. The first-order valence-corrected chi connectivity index (χ1v) is 6.85. The van der Waals surface area contributed by atoms with Crippen LogP contribution in [0.25, 0.3) is 11.0 Å². The second-order valence-electron chi connectivity index (χ2n) is 4.80. The number of aromatic nitrogens is 3. The van der Waals surface area contributed by atoms with Gasteiger partial charge in [0.05, 0.1) is 29.8 Å². The minimum Gasteiger partial charge on any atom is -0.360 e. The lowest BCUT2D eigenvalue weighted by Crippen LogP contribution is -2.16. The summed E-state index contributed by atoms with van der Waals surface area (Å²) in [4.78, 5) is 4.67. The third kappa shape index (κ3) is 2.44. The quantitative estimate of drug-likeness (QED) is 0.774. The highest BCUT2D eigenvalue weighted by Gasteiger charge is 2.08. The van der Waals surface area contributed by atoms with Crippen molar-refractivity contribution in [1.82, 2.24) is 20.0 Å². The fraction of sp³-hybridized carbons (Fsp3) is 0.333. The van der Waals surface area contributed by atoms with E-state index in [0.29, 0.717) is 13.1 Å². The molecule has 2 aromatic heterocycles. The first kappa shape index (κ1) is 12.9. The van der Waals surface area contributed by atoms with E-state index in [-0.39, 0.29) is 0 Å². The number of nitrogens with zero attached hydrogens (tertiary/aromatic N) is 3. The largest absolute Gasteiger partial charge is 0.360 e. The van der Waals surface area contributed by atoms with Crippen molar-refractivity contribution in [3.8, 4) is 0 Å². The van der Waals surface area contributed by atoms with E-state index in [1.165, 1.54) is 5.52 Å². The fourth-order valence-corrected chi connectivity index (χ4v) is 2.41. The van der Waals surface area contributed by atoms with Crippen LogP contribution in [0.4, 0.5) is 0 Å². The van der Waals surface area contributed by atoms with Gasteiger partial charge in [0, 0.05) is 12.6 Å². The Morgan fingerprint density at radius 3 is 2.85 bits per heavy atom. The molecule has 3 aromatic rings. The third-order valence-electron chi connectivity index (χ3n) is 3.31. The monoisotopic (exact) mass is 270 g/mol. The molecule has 0 bridgehead atoms. The van der Waals surface area contributed by atoms with Crippen LogP contribution in [0.15, 0.2) is 34.9 Å². The van der Waals surface area contributed by atoms with Gasteiger partial charge in [0.2, 0.25) is 0 Å². The minimum atomic E-state index is 0.660. The van der Waals surface area contributed by atoms with Crippen molar-refractivity contribution in [1.29, 1.82) is 0 Å². The molecule has 20 heavy (non-hydrogen) atoms. The zero-order valence-electron chi connectivity index (χ0n) is 11.8. The van der Waals surface area contributed by atoms with E-state index in [1.807, 2.05) is 31.2 Å². The second kappa shape index (κ2) is 5.46. The van der Waals surface area contributed by atoms with Crippen LogP contribution in [0.5, 0.6) is 0 Å². The van der Waals surface area contributed by atoms with Gasteiger partial charge in [0.1, 0.15) is 5.82 Å². The Balaban J connectivity index is 1.73. The van der Waals surface area contributed by atoms with Crippen LogP contribution in [0.1, 0.15) is 24.2 Å². The third-order valence-corrected chi connectivity index (χ3v) is 3.31. The maximum atomic E-state index is 5.18. The van der Waals surface area contributed by atoms with Crippen molar-refractivity contribution in [2.45, 2.75) is 33.5 Å². The fourth-order valence-electron chi connectivity index (χ4n) is 2.41. The Kier molecular flexibility index (Phi) is 3.52. The molecule has 0 amide bonds. The molecule has 3 rings (SSSR count). The topological polar surface area (TPSA) is 55.9 Å². The first-order valence-electron chi connectivity index (χ1n) is 6.85. The molecular weight excluding hydrogens is 252 g/mol. The van der Waals surface area contributed by atoms with Gasteiger partial charge in [0.25, 0.3) is 0 Å². The van der Waals surface area contributed by atoms with Crippen molar-refractivity contribution in [2.75, 3.05) is 0 Å². The molecule has 104 valence electrons. The molecule has 0 saturated heterocycles. The molecule has 0 aliphatic heterocycles. The standard InChI is InChI=1S/C15H18N4O/c1-3-19-14-7-5-4-6-13(14)17-15(19)10-16-9-12-8-11(2)18-20-12/h4-8,16H,3,9-10H2,1-2H3. The minimum absolute atomic E-state index is 0.660. The lowest BCUT2D eigenvalue weighted by atomic mass is 10.3. The summed E-state index contributed by atoms with van der Waals surface area (Å²) in [6, 6.07) is 10.2. The van der Waals surface area contributed by atoms with Gasteiger partial charge in [-0.2, -0.15) is 0 Å². The average Bonchev–Trinajstić information content (AvgIpc) is 3.02. The van der Waals surface area contributed by atoms with E-state index in [2.05, 4.69) is 33.0 Å². The molecule has 2 heterocycles. The zero-order chi connectivity index (χ0) is 13.9. The molecule has 0 unspecified atom stereocenters. The van der Waals surface area contributed by atoms with Gasteiger partial charge < -0.3 is 14.4 Å². The molecule has 5 heteroatoms. The van der Waals surface area contributed by atoms with E-state index in [1.54, 1.807) is 0 Å². The van der Waals surface area contributed by atoms with Crippen LogP contribution >= 0.6 is 0 Å². The summed E-state index contributed by atoms with van der Waals surface area (Å²) < 4.78 is 7.41. The lowest BCUT2D eigenvalue weighted by Gasteiger charge is -2.06. The van der Waals surface area contributed by atoms with Crippen LogP contribution in [0.2, 0.25) is 0 Å². The van der Waals surface area contributed by atoms with Gasteiger partial charge in [0.15, 0.2) is 5.76 Å². The van der Waals surface area contributed by atoms with Crippen LogP contribution in [0, 0.1) is 6.92 Å². The number of para-hydroxylation sites is 2. The maximum absolute atomic E-state index is 5.18. The molecule has 0 saturated carbocycles. The van der Waals surface area contributed by atoms with Crippen LogP contribution in [-0.2, 0) is 19.6 Å². The van der Waals surface area contributed by atoms with Crippen molar-refractivity contribution in [3.05, 3.63) is 47.6 Å². The van der Waals surface area contributed by atoms with Crippen molar-refractivity contribution < 1.29 is 4.52 Å². The highest BCUT2D eigenvalue weighted by atomic mass is 16.5. The van der Waals surface area contributed by atoms with Crippen LogP contribution < -0.4 is 5.32 Å². The SMILES string of the molecule is CCn1c(CNCc2cc(C)no2)nc2ccccc21. The number of rotatable bonds is 5. The Hall–Kier alpha value is -2.14. The van der Waals surface area contributed by atoms with Crippen molar-refractivity contribution in [2.24, 2.45) is 0 Å². The van der Waals surface area contributed by atoms with Gasteiger partial charge >= 0.3 is 0 Å². The van der Waals surface area contributed by atoms with Gasteiger partial charge in [-0.05, 0) is 26.0 Å². The smallest absolute Gasteiger partial charge is 0.150 e. The number of fused-ring (bicyclic) bond motifs is 1. The lowest BCUT2D eigenvalue weighted by molar-refractivity contribution is 0.368. The van der Waals surface area contributed by atoms with E-state index >= 15 is 0 Å². The normalized spacial score (nSPS) is 11.3. The molecule has 0 atom stereocenters. The number of aryl methyl sites for hydroxylation is 2. The summed E-state index contributed by atoms with van der Waals surface area (Å²) in [6.07, 6.45) is 0. The molecule has 1 N–H and O–H groups in total. The van der Waals surface area contributed by atoms with Crippen molar-refractivity contribution in [3.63, 3.8) is 0 Å². The summed E-state index contributed by atoms with van der Waals surface area (Å²) in [5.41, 5.74) is 3.13. The van der Waals surface area contributed by atoms with Crippen molar-refractivity contribution >= 4 is 11.0 Å². The highest BCUT2D eigenvalue weighted by Crippen LogP contribution is 2.15. The molecule has 0 spiro atoms. The Bertz CT molecular complexity index is 714. The summed E-state index contributed by atoms with van der Waals surface area (Å²) in [5.74, 6) is 1.89. The first-order chi connectivity index (χ1) is 9.78. The van der Waals surface area contributed by atoms with E-state index in [4.69, 9.17) is 4.52 Å². The maximum Gasteiger partial charge on any atom is 0.150 e. The van der Waals surface area contributed by atoms with Gasteiger partial charge in [-0.1, -0.05) is 17.3 Å². The predicted molar refractivity (Wildman–Crippen MR) is 77.2 cm³/mol. The zero-order valence-corrected chi connectivity index (χ0v) is 11.8. The van der Waals surface area contributed by atoms with E-state index in [0.717, 1.165) is 29.3 Å². The molecule has 0 fully saturated rings. The highest BCUT2D eigenvalue weighted by molar-refractivity contribution is 5.75. The van der Waals surface area contributed by atoms with Gasteiger partial charge in [-0.15, -0.1) is 0 Å². The van der Waals surface area contributed by atoms with E-state index < -0.39 is 0 Å². The molecule has 0 radical (unpaired) electrons. The molecular formula is C15H18N4O. The Labute approximate surface area is 117 Å². The Morgan fingerprint density at radius 1 is 1.25 bits per heavy atom. The second-order valence-corrected chi connectivity index (χ2v) is 4.80. The number of hydrogen-bond donors (Lipinski definition) is 1. The number of nitrogens with one attached hydrogen (secondary N) is 1. The van der Waals surface area contributed by atoms with Crippen LogP contribution in [0.3, 0.4) is 0 Å². The molecule has 0 aliphatic rings. The number of hydrogen-bond acceptors (Lipinski definition) is 4.